The SMILES string of the molecule is Nc1cc(/C=C/c2ccccc2)nc(N)n1. The summed E-state index contributed by atoms with van der Waals surface area (Å²) in [4.78, 5) is 7.85. The summed E-state index contributed by atoms with van der Waals surface area (Å²) in [5, 5.41) is 0. The minimum Gasteiger partial charge on any atom is -0.384 e. The molecule has 0 aliphatic rings. The van der Waals surface area contributed by atoms with Crippen molar-refractivity contribution in [2.45, 2.75) is 0 Å². The average molecular weight is 212 g/mol. The van der Waals surface area contributed by atoms with Crippen molar-refractivity contribution in [1.29, 1.82) is 0 Å². The van der Waals surface area contributed by atoms with Gasteiger partial charge in [-0.15, -0.1) is 0 Å². The first-order valence-corrected chi connectivity index (χ1v) is 4.87. The lowest BCUT2D eigenvalue weighted by Gasteiger charge is -1.97. The largest absolute Gasteiger partial charge is 0.384 e. The molecule has 0 aliphatic carbocycles. The van der Waals surface area contributed by atoms with Gasteiger partial charge in [-0.1, -0.05) is 36.4 Å². The molecule has 4 heteroatoms. The molecule has 0 aliphatic heterocycles. The van der Waals surface area contributed by atoms with Crippen molar-refractivity contribution < 1.29 is 0 Å². The Hall–Kier alpha value is -2.36. The van der Waals surface area contributed by atoms with E-state index in [-0.39, 0.29) is 5.95 Å². The monoisotopic (exact) mass is 212 g/mol. The molecule has 16 heavy (non-hydrogen) atoms. The van der Waals surface area contributed by atoms with E-state index in [2.05, 4.69) is 9.97 Å². The van der Waals surface area contributed by atoms with Crippen LogP contribution in [0.3, 0.4) is 0 Å². The zero-order valence-corrected chi connectivity index (χ0v) is 8.67. The Kier molecular flexibility index (Phi) is 2.82. The smallest absolute Gasteiger partial charge is 0.222 e. The molecular formula is C12H12N4. The van der Waals surface area contributed by atoms with Crippen LogP contribution in [0.15, 0.2) is 36.4 Å². The van der Waals surface area contributed by atoms with E-state index in [9.17, 15) is 0 Å². The summed E-state index contributed by atoms with van der Waals surface area (Å²) in [5.41, 5.74) is 12.9. The number of hydrogen-bond donors (Lipinski definition) is 2. The van der Waals surface area contributed by atoms with Crippen molar-refractivity contribution in [3.63, 3.8) is 0 Å². The molecule has 0 amide bonds. The number of nitrogens with two attached hydrogens (primary N) is 2. The van der Waals surface area contributed by atoms with Crippen molar-refractivity contribution in [2.24, 2.45) is 0 Å². The number of aromatic nitrogens is 2. The Labute approximate surface area is 93.6 Å². The number of nitrogens with zero attached hydrogens (tertiary/aromatic N) is 2. The van der Waals surface area contributed by atoms with E-state index in [1.54, 1.807) is 6.07 Å². The first kappa shape index (κ1) is 10.2. The summed E-state index contributed by atoms with van der Waals surface area (Å²) in [6, 6.07) is 11.6. The first-order valence-electron chi connectivity index (χ1n) is 4.87. The zero-order valence-electron chi connectivity index (χ0n) is 8.67. The molecule has 4 N–H and O–H groups in total. The standard InChI is InChI=1S/C12H12N4/c13-11-8-10(15-12(14)16-11)7-6-9-4-2-1-3-5-9/h1-8H,(H4,13,14,15,16)/b7-6+. The van der Waals surface area contributed by atoms with Gasteiger partial charge in [0.2, 0.25) is 5.95 Å². The summed E-state index contributed by atoms with van der Waals surface area (Å²) in [7, 11) is 0. The molecule has 0 saturated heterocycles. The fourth-order valence-corrected chi connectivity index (χ4v) is 1.34. The normalized spacial score (nSPS) is 10.8. The lowest BCUT2D eigenvalue weighted by molar-refractivity contribution is 1.18. The van der Waals surface area contributed by atoms with Crippen LogP contribution in [0.1, 0.15) is 11.3 Å². The van der Waals surface area contributed by atoms with E-state index in [0.29, 0.717) is 11.5 Å². The predicted molar refractivity (Wildman–Crippen MR) is 66.2 cm³/mol. The molecule has 4 nitrogen and oxygen atoms in total. The highest BCUT2D eigenvalue weighted by Gasteiger charge is 1.95. The van der Waals surface area contributed by atoms with E-state index >= 15 is 0 Å². The van der Waals surface area contributed by atoms with Crippen molar-refractivity contribution in [2.75, 3.05) is 11.5 Å². The number of anilines is 2. The second-order valence-electron chi connectivity index (χ2n) is 3.32. The Morgan fingerprint density at radius 1 is 0.938 bits per heavy atom. The van der Waals surface area contributed by atoms with Gasteiger partial charge in [0.25, 0.3) is 0 Å². The summed E-state index contributed by atoms with van der Waals surface area (Å²) in [5.74, 6) is 0.563. The Morgan fingerprint density at radius 3 is 2.38 bits per heavy atom. The van der Waals surface area contributed by atoms with Crippen LogP contribution in [0.2, 0.25) is 0 Å². The summed E-state index contributed by atoms with van der Waals surface area (Å²) in [6.45, 7) is 0. The van der Waals surface area contributed by atoms with Gasteiger partial charge in [-0.2, -0.15) is 4.98 Å². The molecule has 0 atom stereocenters. The van der Waals surface area contributed by atoms with Gasteiger partial charge in [0, 0.05) is 6.07 Å². The molecule has 1 aromatic carbocycles. The maximum Gasteiger partial charge on any atom is 0.222 e. The molecule has 0 bridgehead atoms. The molecule has 0 radical (unpaired) electrons. The lowest BCUT2D eigenvalue weighted by atomic mass is 10.2. The molecule has 1 heterocycles. The highest BCUT2D eigenvalue weighted by atomic mass is 15.0. The van der Waals surface area contributed by atoms with E-state index in [4.69, 9.17) is 11.5 Å². The van der Waals surface area contributed by atoms with Gasteiger partial charge >= 0.3 is 0 Å². The molecular weight excluding hydrogens is 200 g/mol. The summed E-state index contributed by atoms with van der Waals surface area (Å²) in [6.07, 6.45) is 3.80. The van der Waals surface area contributed by atoms with E-state index in [1.165, 1.54) is 0 Å². The fraction of sp³-hybridized carbons (Fsp3) is 0. The Balaban J connectivity index is 2.24. The molecule has 1 aromatic heterocycles. The number of nitrogen functional groups attached to an aromatic ring is 2. The first-order chi connectivity index (χ1) is 7.74. The molecule has 0 saturated carbocycles. The molecule has 2 rings (SSSR count). The molecule has 0 fully saturated rings. The quantitative estimate of drug-likeness (QED) is 0.795. The molecule has 0 spiro atoms. The van der Waals surface area contributed by atoms with Crippen LogP contribution in [0.25, 0.3) is 12.2 Å². The summed E-state index contributed by atoms with van der Waals surface area (Å²) >= 11 is 0. The highest BCUT2D eigenvalue weighted by molar-refractivity contribution is 5.69. The number of hydrogen-bond acceptors (Lipinski definition) is 4. The van der Waals surface area contributed by atoms with Gasteiger partial charge < -0.3 is 11.5 Å². The lowest BCUT2D eigenvalue weighted by Crippen LogP contribution is -2.00. The van der Waals surface area contributed by atoms with E-state index in [0.717, 1.165) is 5.56 Å². The summed E-state index contributed by atoms with van der Waals surface area (Å²) < 4.78 is 0. The second kappa shape index (κ2) is 4.44. The van der Waals surface area contributed by atoms with E-state index < -0.39 is 0 Å². The second-order valence-corrected chi connectivity index (χ2v) is 3.32. The van der Waals surface area contributed by atoms with Crippen molar-refractivity contribution >= 4 is 23.9 Å². The van der Waals surface area contributed by atoms with Crippen LogP contribution < -0.4 is 11.5 Å². The van der Waals surface area contributed by atoms with Gasteiger partial charge in [0.05, 0.1) is 5.69 Å². The third-order valence-corrected chi connectivity index (χ3v) is 2.03. The Morgan fingerprint density at radius 2 is 1.69 bits per heavy atom. The molecule has 80 valence electrons. The topological polar surface area (TPSA) is 77.8 Å². The number of rotatable bonds is 2. The Bertz CT molecular complexity index is 485. The van der Waals surface area contributed by atoms with Crippen LogP contribution >= 0.6 is 0 Å². The predicted octanol–water partition coefficient (Wildman–Crippen LogP) is 1.81. The van der Waals surface area contributed by atoms with Crippen LogP contribution in [0, 0.1) is 0 Å². The van der Waals surface area contributed by atoms with Gasteiger partial charge in [-0.05, 0) is 11.6 Å². The highest BCUT2D eigenvalue weighted by Crippen LogP contribution is 2.09. The molecule has 2 aromatic rings. The van der Waals surface area contributed by atoms with Crippen molar-refractivity contribution in [3.05, 3.63) is 47.7 Å². The minimum atomic E-state index is 0.188. The van der Waals surface area contributed by atoms with E-state index in [1.807, 2.05) is 42.5 Å². The third-order valence-electron chi connectivity index (χ3n) is 2.03. The third kappa shape index (κ3) is 2.57. The van der Waals surface area contributed by atoms with Crippen molar-refractivity contribution in [1.82, 2.24) is 9.97 Å². The van der Waals surface area contributed by atoms with Gasteiger partial charge in [-0.25, -0.2) is 4.98 Å². The molecule has 0 unspecified atom stereocenters. The van der Waals surface area contributed by atoms with Gasteiger partial charge in [0.15, 0.2) is 0 Å². The average Bonchev–Trinajstić information content (AvgIpc) is 2.27. The van der Waals surface area contributed by atoms with Crippen LogP contribution in [-0.2, 0) is 0 Å². The van der Waals surface area contributed by atoms with Crippen LogP contribution in [-0.4, -0.2) is 9.97 Å². The van der Waals surface area contributed by atoms with Gasteiger partial charge in [-0.3, -0.25) is 0 Å². The minimum absolute atomic E-state index is 0.188. The fourth-order valence-electron chi connectivity index (χ4n) is 1.34. The van der Waals surface area contributed by atoms with Gasteiger partial charge in [0.1, 0.15) is 5.82 Å². The van der Waals surface area contributed by atoms with Crippen molar-refractivity contribution in [3.8, 4) is 0 Å². The van der Waals surface area contributed by atoms with Crippen LogP contribution in [0.5, 0.6) is 0 Å². The maximum atomic E-state index is 5.56. The van der Waals surface area contributed by atoms with Crippen LogP contribution in [0.4, 0.5) is 11.8 Å². The zero-order chi connectivity index (χ0) is 11.4. The maximum absolute atomic E-state index is 5.56. The number of benzene rings is 1.